The summed E-state index contributed by atoms with van der Waals surface area (Å²) in [5.74, 6) is 0.915. The number of likely N-dealkylation sites (N-methyl/N-ethyl adjacent to an activating group) is 1. The van der Waals surface area contributed by atoms with Crippen LogP contribution < -0.4 is 4.90 Å². The summed E-state index contributed by atoms with van der Waals surface area (Å²) in [7, 11) is 0. The smallest absolute Gasteiger partial charge is 0.133 e. The number of rotatable bonds is 2. The molecular weight excluding hydrogens is 224 g/mol. The van der Waals surface area contributed by atoms with Crippen LogP contribution in [0.2, 0.25) is 0 Å². The molecule has 4 heteroatoms. The van der Waals surface area contributed by atoms with Gasteiger partial charge in [-0.1, -0.05) is 27.7 Å². The third-order valence-electron chi connectivity index (χ3n) is 3.49. The zero-order valence-corrected chi connectivity index (χ0v) is 12.0. The topological polar surface area (TPSA) is 32.3 Å². The molecule has 2 rings (SSSR count). The second-order valence-electron chi connectivity index (χ2n) is 5.94. The summed E-state index contributed by atoms with van der Waals surface area (Å²) in [6.07, 6.45) is 3.93. The molecule has 100 valence electrons. The first kappa shape index (κ1) is 13.3. The molecule has 1 aliphatic heterocycles. The summed E-state index contributed by atoms with van der Waals surface area (Å²) >= 11 is 0. The van der Waals surface area contributed by atoms with Crippen molar-refractivity contribution in [2.45, 2.75) is 33.1 Å². The SMILES string of the molecule is CCN1CCN(c2cnc(C(C)(C)C)nc2)CC1. The van der Waals surface area contributed by atoms with Crippen LogP contribution in [0.5, 0.6) is 0 Å². The van der Waals surface area contributed by atoms with Crippen molar-refractivity contribution in [3.05, 3.63) is 18.2 Å². The number of hydrogen-bond acceptors (Lipinski definition) is 4. The summed E-state index contributed by atoms with van der Waals surface area (Å²) in [6, 6.07) is 0. The molecule has 18 heavy (non-hydrogen) atoms. The van der Waals surface area contributed by atoms with Crippen LogP contribution in [0.25, 0.3) is 0 Å². The average molecular weight is 248 g/mol. The maximum absolute atomic E-state index is 4.50. The first-order chi connectivity index (χ1) is 8.50. The van der Waals surface area contributed by atoms with Gasteiger partial charge in [0.1, 0.15) is 5.82 Å². The standard InChI is InChI=1S/C14H24N4/c1-5-17-6-8-18(9-7-17)12-10-15-13(16-11-12)14(2,3)4/h10-11H,5-9H2,1-4H3. The van der Waals surface area contributed by atoms with E-state index in [1.807, 2.05) is 12.4 Å². The number of anilines is 1. The van der Waals surface area contributed by atoms with Gasteiger partial charge in [0.2, 0.25) is 0 Å². The molecule has 0 spiro atoms. The van der Waals surface area contributed by atoms with Crippen LogP contribution in [0, 0.1) is 0 Å². The molecule has 0 aromatic carbocycles. The van der Waals surface area contributed by atoms with Crippen LogP contribution in [-0.2, 0) is 5.41 Å². The van der Waals surface area contributed by atoms with Gasteiger partial charge < -0.3 is 9.80 Å². The van der Waals surface area contributed by atoms with E-state index in [0.29, 0.717) is 0 Å². The van der Waals surface area contributed by atoms with E-state index in [1.54, 1.807) is 0 Å². The Bertz CT molecular complexity index is 372. The van der Waals surface area contributed by atoms with E-state index < -0.39 is 0 Å². The van der Waals surface area contributed by atoms with Gasteiger partial charge >= 0.3 is 0 Å². The van der Waals surface area contributed by atoms with Crippen molar-refractivity contribution in [1.29, 1.82) is 0 Å². The first-order valence-electron chi connectivity index (χ1n) is 6.80. The highest BCUT2D eigenvalue weighted by atomic mass is 15.3. The van der Waals surface area contributed by atoms with Gasteiger partial charge in [0, 0.05) is 31.6 Å². The molecule has 0 N–H and O–H groups in total. The summed E-state index contributed by atoms with van der Waals surface area (Å²) < 4.78 is 0. The van der Waals surface area contributed by atoms with Crippen LogP contribution in [-0.4, -0.2) is 47.6 Å². The third-order valence-corrected chi connectivity index (χ3v) is 3.49. The molecule has 1 fully saturated rings. The zero-order chi connectivity index (χ0) is 13.2. The Balaban J connectivity index is 2.02. The summed E-state index contributed by atoms with van der Waals surface area (Å²) in [6.45, 7) is 14.2. The van der Waals surface area contributed by atoms with Crippen molar-refractivity contribution < 1.29 is 0 Å². The maximum Gasteiger partial charge on any atom is 0.133 e. The van der Waals surface area contributed by atoms with Gasteiger partial charge in [-0.05, 0) is 6.54 Å². The van der Waals surface area contributed by atoms with E-state index in [-0.39, 0.29) is 5.41 Å². The summed E-state index contributed by atoms with van der Waals surface area (Å²) in [4.78, 5) is 13.8. The Hall–Kier alpha value is -1.16. The van der Waals surface area contributed by atoms with Crippen molar-refractivity contribution in [2.24, 2.45) is 0 Å². The van der Waals surface area contributed by atoms with E-state index in [1.165, 1.54) is 0 Å². The van der Waals surface area contributed by atoms with Crippen molar-refractivity contribution >= 4 is 5.69 Å². The molecule has 1 saturated heterocycles. The Morgan fingerprint density at radius 1 is 1.06 bits per heavy atom. The molecule has 2 heterocycles. The molecule has 1 aliphatic rings. The van der Waals surface area contributed by atoms with Crippen LogP contribution in [0.15, 0.2) is 12.4 Å². The average Bonchev–Trinajstić information content (AvgIpc) is 2.38. The fourth-order valence-corrected chi connectivity index (χ4v) is 2.19. The lowest BCUT2D eigenvalue weighted by Gasteiger charge is -2.35. The van der Waals surface area contributed by atoms with Gasteiger partial charge in [-0.15, -0.1) is 0 Å². The predicted molar refractivity (Wildman–Crippen MR) is 75.1 cm³/mol. The molecule has 0 saturated carbocycles. The van der Waals surface area contributed by atoms with Gasteiger partial charge in [0.05, 0.1) is 18.1 Å². The van der Waals surface area contributed by atoms with Crippen molar-refractivity contribution in [3.8, 4) is 0 Å². The predicted octanol–water partition coefficient (Wildman–Crippen LogP) is 1.92. The highest BCUT2D eigenvalue weighted by Crippen LogP contribution is 2.20. The lowest BCUT2D eigenvalue weighted by molar-refractivity contribution is 0.271. The molecule has 4 nitrogen and oxygen atoms in total. The Morgan fingerprint density at radius 2 is 1.61 bits per heavy atom. The molecule has 1 aromatic heterocycles. The molecule has 0 aliphatic carbocycles. The van der Waals surface area contributed by atoms with E-state index >= 15 is 0 Å². The van der Waals surface area contributed by atoms with Crippen LogP contribution in [0.3, 0.4) is 0 Å². The summed E-state index contributed by atoms with van der Waals surface area (Å²) in [5, 5.41) is 0. The lowest BCUT2D eigenvalue weighted by atomic mass is 9.96. The minimum absolute atomic E-state index is 0.0272. The maximum atomic E-state index is 4.50. The highest BCUT2D eigenvalue weighted by molar-refractivity contribution is 5.42. The molecule has 0 amide bonds. The highest BCUT2D eigenvalue weighted by Gasteiger charge is 2.19. The monoisotopic (exact) mass is 248 g/mol. The normalized spacial score (nSPS) is 18.1. The lowest BCUT2D eigenvalue weighted by Crippen LogP contribution is -2.46. The minimum atomic E-state index is 0.0272. The quantitative estimate of drug-likeness (QED) is 0.800. The molecular formula is C14H24N4. The Kier molecular flexibility index (Phi) is 3.85. The van der Waals surface area contributed by atoms with Crippen molar-refractivity contribution in [2.75, 3.05) is 37.6 Å². The number of hydrogen-bond donors (Lipinski definition) is 0. The number of nitrogens with zero attached hydrogens (tertiary/aromatic N) is 4. The Morgan fingerprint density at radius 3 is 2.06 bits per heavy atom. The molecule has 0 unspecified atom stereocenters. The molecule has 0 atom stereocenters. The molecule has 1 aromatic rings. The largest absolute Gasteiger partial charge is 0.366 e. The second-order valence-corrected chi connectivity index (χ2v) is 5.94. The second kappa shape index (κ2) is 5.22. The van der Waals surface area contributed by atoms with E-state index in [9.17, 15) is 0 Å². The van der Waals surface area contributed by atoms with Crippen LogP contribution in [0.1, 0.15) is 33.5 Å². The fraction of sp³-hybridized carbons (Fsp3) is 0.714. The van der Waals surface area contributed by atoms with Gasteiger partial charge in [-0.3, -0.25) is 0 Å². The Labute approximate surface area is 110 Å². The third kappa shape index (κ3) is 2.99. The van der Waals surface area contributed by atoms with Gasteiger partial charge in [-0.2, -0.15) is 0 Å². The van der Waals surface area contributed by atoms with Crippen molar-refractivity contribution in [3.63, 3.8) is 0 Å². The van der Waals surface area contributed by atoms with Crippen molar-refractivity contribution in [1.82, 2.24) is 14.9 Å². The molecule has 0 bridgehead atoms. The fourth-order valence-electron chi connectivity index (χ4n) is 2.19. The van der Waals surface area contributed by atoms with Gasteiger partial charge in [-0.25, -0.2) is 9.97 Å². The van der Waals surface area contributed by atoms with Crippen LogP contribution >= 0.6 is 0 Å². The number of piperazine rings is 1. The molecule has 0 radical (unpaired) electrons. The van der Waals surface area contributed by atoms with Gasteiger partial charge in [0.15, 0.2) is 0 Å². The summed E-state index contributed by atoms with van der Waals surface area (Å²) in [5.41, 5.74) is 1.18. The number of aromatic nitrogens is 2. The van der Waals surface area contributed by atoms with E-state index in [0.717, 1.165) is 44.2 Å². The van der Waals surface area contributed by atoms with E-state index in [2.05, 4.69) is 47.5 Å². The van der Waals surface area contributed by atoms with Crippen LogP contribution in [0.4, 0.5) is 5.69 Å². The minimum Gasteiger partial charge on any atom is -0.366 e. The zero-order valence-electron chi connectivity index (χ0n) is 12.0. The van der Waals surface area contributed by atoms with E-state index in [4.69, 9.17) is 0 Å². The first-order valence-corrected chi connectivity index (χ1v) is 6.80. The van der Waals surface area contributed by atoms with Gasteiger partial charge in [0.25, 0.3) is 0 Å².